The zero-order chi connectivity index (χ0) is 28.8. The van der Waals surface area contributed by atoms with Crippen molar-refractivity contribution in [1.29, 1.82) is 0 Å². The summed E-state index contributed by atoms with van der Waals surface area (Å²) in [7, 11) is 0.428. The van der Waals surface area contributed by atoms with Crippen LogP contribution in [0.15, 0.2) is 67.1 Å². The molecule has 10 nitrogen and oxygen atoms in total. The van der Waals surface area contributed by atoms with Crippen LogP contribution < -0.4 is 14.8 Å². The van der Waals surface area contributed by atoms with Crippen LogP contribution in [-0.4, -0.2) is 52.7 Å². The van der Waals surface area contributed by atoms with E-state index in [0.717, 1.165) is 46.0 Å². The number of carbonyl (C=O) groups is 1. The predicted molar refractivity (Wildman–Crippen MR) is 162 cm³/mol. The molecular weight excluding hydrogens is 557 g/mol. The minimum Gasteiger partial charge on any atom is -0.496 e. The maximum Gasteiger partial charge on any atom is 0.296 e. The summed E-state index contributed by atoms with van der Waals surface area (Å²) in [6.45, 7) is 8.36. The Balaban J connectivity index is 1.25. The molecule has 0 spiro atoms. The van der Waals surface area contributed by atoms with Crippen molar-refractivity contribution in [1.82, 2.24) is 25.0 Å². The first-order chi connectivity index (χ1) is 19.8. The van der Waals surface area contributed by atoms with Gasteiger partial charge in [-0.05, 0) is 29.5 Å². The Morgan fingerprint density at radius 1 is 1.02 bits per heavy atom. The van der Waals surface area contributed by atoms with Gasteiger partial charge in [0.25, 0.3) is 11.1 Å². The number of ether oxygens (including phenoxy) is 3. The first-order valence-corrected chi connectivity index (χ1v) is 17.7. The first kappa shape index (κ1) is 28.4. The van der Waals surface area contributed by atoms with Gasteiger partial charge in [0.1, 0.15) is 19.1 Å². The SMILES string of the molecule is COc1ccccc1-c1cnccc1C(=O)Nc1nnc(OCc2cccc3cnn(COCC[Si](C)(C)C)c23)s1. The average molecular weight is 589 g/mol. The van der Waals surface area contributed by atoms with Crippen LogP contribution >= 0.6 is 11.3 Å². The van der Waals surface area contributed by atoms with Gasteiger partial charge in [0.2, 0.25) is 5.13 Å². The fourth-order valence-corrected chi connectivity index (χ4v) is 5.61. The van der Waals surface area contributed by atoms with Crippen molar-refractivity contribution in [2.24, 2.45) is 0 Å². The minimum atomic E-state index is -1.16. The van der Waals surface area contributed by atoms with E-state index >= 15 is 0 Å². The Hall–Kier alpha value is -4.13. The smallest absolute Gasteiger partial charge is 0.296 e. The molecule has 0 bridgehead atoms. The summed E-state index contributed by atoms with van der Waals surface area (Å²) >= 11 is 1.16. The van der Waals surface area contributed by atoms with Gasteiger partial charge in [-0.15, -0.1) is 5.10 Å². The summed E-state index contributed by atoms with van der Waals surface area (Å²) in [5, 5.41) is 17.2. The minimum absolute atomic E-state index is 0.267. The molecule has 1 amide bonds. The predicted octanol–water partition coefficient (Wildman–Crippen LogP) is 6.10. The van der Waals surface area contributed by atoms with Gasteiger partial charge in [-0.1, -0.05) is 61.1 Å². The Kier molecular flexibility index (Phi) is 8.72. The van der Waals surface area contributed by atoms with Gasteiger partial charge < -0.3 is 14.2 Å². The molecule has 12 heteroatoms. The molecule has 0 aliphatic heterocycles. The molecule has 0 saturated carbocycles. The standard InChI is InChI=1S/C29H32N6O4SSi/c1-37-25-11-6-5-10-22(25)24-17-30-13-12-23(24)27(36)32-28-33-34-29(40-28)39-18-21-9-7-8-20-16-31-35(26(20)21)19-38-14-15-41(2,3)4/h5-13,16-17H,14-15,18-19H2,1-4H3,(H,32,33,36). The number of fused-ring (bicyclic) bond motifs is 1. The van der Waals surface area contributed by atoms with E-state index in [1.807, 2.05) is 53.3 Å². The Morgan fingerprint density at radius 3 is 2.71 bits per heavy atom. The number of methoxy groups -OCH3 is 1. The zero-order valence-electron chi connectivity index (χ0n) is 23.5. The Morgan fingerprint density at radius 2 is 1.88 bits per heavy atom. The van der Waals surface area contributed by atoms with Gasteiger partial charge in [-0.25, -0.2) is 4.68 Å². The number of hydrogen-bond acceptors (Lipinski definition) is 9. The molecule has 0 unspecified atom stereocenters. The number of benzene rings is 2. The maximum atomic E-state index is 13.2. The summed E-state index contributed by atoms with van der Waals surface area (Å²) < 4.78 is 19.2. The number of aromatic nitrogens is 5. The maximum absolute atomic E-state index is 13.2. The van der Waals surface area contributed by atoms with Crippen molar-refractivity contribution in [2.75, 3.05) is 19.0 Å². The summed E-state index contributed by atoms with van der Waals surface area (Å²) in [6, 6.07) is 16.2. The highest BCUT2D eigenvalue weighted by molar-refractivity contribution is 7.17. The van der Waals surface area contributed by atoms with Crippen molar-refractivity contribution in [2.45, 2.75) is 39.0 Å². The molecular formula is C29H32N6O4SSi. The highest BCUT2D eigenvalue weighted by Gasteiger charge is 2.18. The molecule has 1 N–H and O–H groups in total. The lowest BCUT2D eigenvalue weighted by Crippen LogP contribution is -2.22. The molecule has 0 saturated heterocycles. The number of nitrogens with one attached hydrogen (secondary N) is 1. The second-order valence-corrected chi connectivity index (χ2v) is 17.1. The normalized spacial score (nSPS) is 11.5. The number of hydrogen-bond donors (Lipinski definition) is 1. The highest BCUT2D eigenvalue weighted by Crippen LogP contribution is 2.32. The summed E-state index contributed by atoms with van der Waals surface area (Å²) in [5.41, 5.74) is 3.77. The van der Waals surface area contributed by atoms with E-state index in [2.05, 4.69) is 45.2 Å². The van der Waals surface area contributed by atoms with Gasteiger partial charge in [0, 0.05) is 49.2 Å². The molecule has 3 aromatic heterocycles. The fourth-order valence-electron chi connectivity index (χ4n) is 4.26. The molecule has 5 aromatic rings. The first-order valence-electron chi connectivity index (χ1n) is 13.2. The molecule has 5 rings (SSSR count). The lowest BCUT2D eigenvalue weighted by Gasteiger charge is -2.15. The van der Waals surface area contributed by atoms with Gasteiger partial charge in [-0.3, -0.25) is 15.1 Å². The van der Waals surface area contributed by atoms with Crippen molar-refractivity contribution in [3.63, 3.8) is 0 Å². The van der Waals surface area contributed by atoms with Gasteiger partial charge >= 0.3 is 0 Å². The van der Waals surface area contributed by atoms with E-state index in [-0.39, 0.29) is 12.5 Å². The third-order valence-electron chi connectivity index (χ3n) is 6.40. The fraction of sp³-hybridized carbons (Fsp3) is 0.276. The van der Waals surface area contributed by atoms with Crippen molar-refractivity contribution >= 4 is 41.4 Å². The molecule has 0 aliphatic carbocycles. The quantitative estimate of drug-likeness (QED) is 0.137. The molecule has 3 heterocycles. The van der Waals surface area contributed by atoms with E-state index in [0.29, 0.717) is 33.9 Å². The molecule has 0 atom stereocenters. The highest BCUT2D eigenvalue weighted by atomic mass is 32.1. The second kappa shape index (κ2) is 12.6. The third kappa shape index (κ3) is 6.96. The lowest BCUT2D eigenvalue weighted by atomic mass is 10.0. The number of carbonyl (C=O) groups excluding carboxylic acids is 1. The van der Waals surface area contributed by atoms with Crippen LogP contribution in [0.4, 0.5) is 5.13 Å². The Bertz CT molecular complexity index is 1650. The van der Waals surface area contributed by atoms with Gasteiger partial charge in [0.15, 0.2) is 0 Å². The van der Waals surface area contributed by atoms with Gasteiger partial charge in [0.05, 0.1) is 24.4 Å². The largest absolute Gasteiger partial charge is 0.496 e. The number of amides is 1. The molecule has 0 radical (unpaired) electrons. The number of pyridine rings is 1. The molecule has 212 valence electrons. The van der Waals surface area contributed by atoms with Crippen LogP contribution in [0, 0.1) is 0 Å². The zero-order valence-corrected chi connectivity index (χ0v) is 25.3. The summed E-state index contributed by atoms with van der Waals surface area (Å²) in [5.74, 6) is 0.314. The monoisotopic (exact) mass is 588 g/mol. The van der Waals surface area contributed by atoms with Crippen molar-refractivity contribution < 1.29 is 19.0 Å². The van der Waals surface area contributed by atoms with E-state index < -0.39 is 8.07 Å². The average Bonchev–Trinajstić information content (AvgIpc) is 3.60. The summed E-state index contributed by atoms with van der Waals surface area (Å²) in [4.78, 5) is 17.4. The number of para-hydroxylation sites is 2. The van der Waals surface area contributed by atoms with Crippen LogP contribution in [0.3, 0.4) is 0 Å². The van der Waals surface area contributed by atoms with Crippen molar-refractivity contribution in [3.8, 4) is 22.1 Å². The molecule has 0 aliphatic rings. The third-order valence-corrected chi connectivity index (χ3v) is 8.85. The van der Waals surface area contributed by atoms with Crippen LogP contribution in [-0.2, 0) is 18.1 Å². The van der Waals surface area contributed by atoms with Crippen LogP contribution in [0.25, 0.3) is 22.0 Å². The number of anilines is 1. The topological polar surface area (TPSA) is 113 Å². The van der Waals surface area contributed by atoms with Gasteiger partial charge in [-0.2, -0.15) is 5.10 Å². The molecule has 0 fully saturated rings. The van der Waals surface area contributed by atoms with E-state index in [1.165, 1.54) is 0 Å². The second-order valence-electron chi connectivity index (χ2n) is 10.6. The van der Waals surface area contributed by atoms with Crippen LogP contribution in [0.5, 0.6) is 10.9 Å². The van der Waals surface area contributed by atoms with Crippen LogP contribution in [0.2, 0.25) is 25.7 Å². The summed E-state index contributed by atoms with van der Waals surface area (Å²) in [6.07, 6.45) is 5.05. The lowest BCUT2D eigenvalue weighted by molar-refractivity contribution is 0.0815. The van der Waals surface area contributed by atoms with Crippen molar-refractivity contribution in [3.05, 3.63) is 78.2 Å². The molecule has 41 heavy (non-hydrogen) atoms. The molecule has 2 aromatic carbocycles. The Labute approximate surface area is 243 Å². The number of nitrogens with zero attached hydrogens (tertiary/aromatic N) is 5. The number of rotatable bonds is 12. The van der Waals surface area contributed by atoms with E-state index in [9.17, 15) is 4.79 Å². The van der Waals surface area contributed by atoms with E-state index in [1.54, 1.807) is 25.6 Å². The van der Waals surface area contributed by atoms with Crippen LogP contribution in [0.1, 0.15) is 15.9 Å². The van der Waals surface area contributed by atoms with E-state index in [4.69, 9.17) is 14.2 Å².